The Bertz CT molecular complexity index is 743. The molecule has 0 aliphatic rings. The van der Waals surface area contributed by atoms with Gasteiger partial charge in [-0.15, -0.1) is 11.8 Å². The number of thioether (sulfide) groups is 1. The van der Waals surface area contributed by atoms with Gasteiger partial charge < -0.3 is 5.11 Å². The quantitative estimate of drug-likeness (QED) is 0.851. The van der Waals surface area contributed by atoms with Crippen LogP contribution in [0.4, 0.5) is 4.39 Å². The Morgan fingerprint density at radius 1 is 1.33 bits per heavy atom. The predicted octanol–water partition coefficient (Wildman–Crippen LogP) is 4.34. The highest BCUT2D eigenvalue weighted by Crippen LogP contribution is 2.28. The lowest BCUT2D eigenvalue weighted by Gasteiger charge is -2.06. The molecule has 0 heterocycles. The number of carboxylic acids is 1. The number of nitrogens with zero attached hydrogens (tertiary/aromatic N) is 1. The van der Waals surface area contributed by atoms with Crippen LogP contribution in [0.1, 0.15) is 21.5 Å². The first-order valence-electron chi connectivity index (χ1n) is 5.85. The summed E-state index contributed by atoms with van der Waals surface area (Å²) in [5.74, 6) is -1.21. The SMILES string of the molecule is N#Cc1ccc(F)c(CSc2ccc(Cl)c(C(=O)O)c2)c1. The Balaban J connectivity index is 2.19. The van der Waals surface area contributed by atoms with Gasteiger partial charge in [0.05, 0.1) is 22.2 Å². The zero-order chi connectivity index (χ0) is 15.4. The smallest absolute Gasteiger partial charge is 0.337 e. The lowest BCUT2D eigenvalue weighted by atomic mass is 10.1. The van der Waals surface area contributed by atoms with Crippen molar-refractivity contribution in [1.82, 2.24) is 0 Å². The largest absolute Gasteiger partial charge is 0.478 e. The zero-order valence-corrected chi connectivity index (χ0v) is 12.2. The summed E-state index contributed by atoms with van der Waals surface area (Å²) >= 11 is 7.06. The molecule has 106 valence electrons. The van der Waals surface area contributed by atoms with Crippen molar-refractivity contribution in [2.24, 2.45) is 0 Å². The molecule has 2 aromatic carbocycles. The summed E-state index contributed by atoms with van der Waals surface area (Å²) in [6.07, 6.45) is 0. The number of nitriles is 1. The van der Waals surface area contributed by atoms with E-state index >= 15 is 0 Å². The standard InChI is InChI=1S/C15H9ClFNO2S/c16-13-3-2-11(6-12(13)15(19)20)21-8-10-5-9(7-18)1-4-14(10)17/h1-6H,8H2,(H,19,20). The molecule has 0 bridgehead atoms. The third-order valence-electron chi connectivity index (χ3n) is 2.74. The fourth-order valence-corrected chi connectivity index (χ4v) is 2.78. The molecule has 0 fully saturated rings. The third-order valence-corrected chi connectivity index (χ3v) is 4.11. The number of carbonyl (C=O) groups is 1. The molecule has 1 N–H and O–H groups in total. The molecule has 0 saturated carbocycles. The minimum absolute atomic E-state index is 0.00733. The molecule has 2 rings (SSSR count). The monoisotopic (exact) mass is 321 g/mol. The van der Waals surface area contributed by atoms with Gasteiger partial charge in [-0.1, -0.05) is 11.6 Å². The van der Waals surface area contributed by atoms with E-state index in [1.165, 1.54) is 42.1 Å². The molecule has 0 aliphatic carbocycles. The second-order valence-corrected chi connectivity index (χ2v) is 5.61. The van der Waals surface area contributed by atoms with Crippen molar-refractivity contribution < 1.29 is 14.3 Å². The Hall–Kier alpha value is -2.03. The molecule has 0 amide bonds. The molecule has 0 saturated heterocycles. The van der Waals surface area contributed by atoms with Gasteiger partial charge in [0.25, 0.3) is 0 Å². The summed E-state index contributed by atoms with van der Waals surface area (Å²) in [6, 6.07) is 10.7. The molecular weight excluding hydrogens is 313 g/mol. The highest BCUT2D eigenvalue weighted by Gasteiger charge is 2.10. The number of carboxylic acid groups (broad SMARTS) is 1. The molecule has 3 nitrogen and oxygen atoms in total. The van der Waals surface area contributed by atoms with Crippen molar-refractivity contribution in [3.8, 4) is 6.07 Å². The molecule has 0 spiro atoms. The van der Waals surface area contributed by atoms with Crippen molar-refractivity contribution >= 4 is 29.3 Å². The fourth-order valence-electron chi connectivity index (χ4n) is 1.67. The maximum absolute atomic E-state index is 13.6. The van der Waals surface area contributed by atoms with E-state index in [-0.39, 0.29) is 10.6 Å². The van der Waals surface area contributed by atoms with Gasteiger partial charge in [0.2, 0.25) is 0 Å². The van der Waals surface area contributed by atoms with Crippen LogP contribution in [0.3, 0.4) is 0 Å². The van der Waals surface area contributed by atoms with E-state index in [4.69, 9.17) is 22.0 Å². The first-order valence-corrected chi connectivity index (χ1v) is 7.22. The fraction of sp³-hybridized carbons (Fsp3) is 0.0667. The molecule has 0 unspecified atom stereocenters. The molecule has 2 aromatic rings. The van der Waals surface area contributed by atoms with Crippen molar-refractivity contribution in [3.63, 3.8) is 0 Å². The number of hydrogen-bond donors (Lipinski definition) is 1. The van der Waals surface area contributed by atoms with E-state index in [1.807, 2.05) is 6.07 Å². The second-order valence-electron chi connectivity index (χ2n) is 4.15. The van der Waals surface area contributed by atoms with Crippen LogP contribution in [-0.4, -0.2) is 11.1 Å². The van der Waals surface area contributed by atoms with Gasteiger partial charge in [0.15, 0.2) is 0 Å². The Kier molecular flexibility index (Phi) is 4.84. The number of benzene rings is 2. The lowest BCUT2D eigenvalue weighted by molar-refractivity contribution is 0.0697. The van der Waals surface area contributed by atoms with Crippen LogP contribution in [0.25, 0.3) is 0 Å². The summed E-state index contributed by atoms with van der Waals surface area (Å²) in [7, 11) is 0. The third kappa shape index (κ3) is 3.75. The topological polar surface area (TPSA) is 61.1 Å². The van der Waals surface area contributed by atoms with E-state index < -0.39 is 11.8 Å². The van der Waals surface area contributed by atoms with Gasteiger partial charge in [-0.25, -0.2) is 9.18 Å². The predicted molar refractivity (Wildman–Crippen MR) is 79.1 cm³/mol. The van der Waals surface area contributed by atoms with Gasteiger partial charge in [-0.2, -0.15) is 5.26 Å². The summed E-state index contributed by atoms with van der Waals surface area (Å²) in [4.78, 5) is 11.7. The molecule has 0 aromatic heterocycles. The first kappa shape index (κ1) is 15.4. The summed E-state index contributed by atoms with van der Waals surface area (Å²) in [6.45, 7) is 0. The van der Waals surface area contributed by atoms with Crippen molar-refractivity contribution in [2.75, 3.05) is 0 Å². The molecule has 0 atom stereocenters. The van der Waals surface area contributed by atoms with Gasteiger partial charge in [-0.05, 0) is 42.0 Å². The number of halogens is 2. The molecule has 0 aliphatic heterocycles. The number of aromatic carboxylic acids is 1. The Morgan fingerprint density at radius 3 is 2.76 bits per heavy atom. The number of hydrogen-bond acceptors (Lipinski definition) is 3. The Labute approximate surface area is 130 Å². The molecule has 0 radical (unpaired) electrons. The van der Waals surface area contributed by atoms with E-state index in [1.54, 1.807) is 6.07 Å². The second kappa shape index (κ2) is 6.61. The van der Waals surface area contributed by atoms with Crippen LogP contribution in [0.2, 0.25) is 5.02 Å². The molecular formula is C15H9ClFNO2S. The summed E-state index contributed by atoms with van der Waals surface area (Å²) in [5, 5.41) is 18.0. The van der Waals surface area contributed by atoms with Gasteiger partial charge in [-0.3, -0.25) is 0 Å². The highest BCUT2D eigenvalue weighted by atomic mass is 35.5. The molecule has 21 heavy (non-hydrogen) atoms. The summed E-state index contributed by atoms with van der Waals surface area (Å²) < 4.78 is 13.6. The van der Waals surface area contributed by atoms with Crippen LogP contribution in [-0.2, 0) is 5.75 Å². The lowest BCUT2D eigenvalue weighted by Crippen LogP contribution is -1.97. The van der Waals surface area contributed by atoms with Crippen LogP contribution in [0.5, 0.6) is 0 Å². The average Bonchev–Trinajstić information content (AvgIpc) is 2.47. The first-order chi connectivity index (χ1) is 10.0. The average molecular weight is 322 g/mol. The molecule has 6 heteroatoms. The van der Waals surface area contributed by atoms with E-state index in [9.17, 15) is 9.18 Å². The van der Waals surface area contributed by atoms with Gasteiger partial charge >= 0.3 is 5.97 Å². The maximum Gasteiger partial charge on any atom is 0.337 e. The van der Waals surface area contributed by atoms with E-state index in [2.05, 4.69) is 0 Å². The zero-order valence-electron chi connectivity index (χ0n) is 10.6. The van der Waals surface area contributed by atoms with Gasteiger partial charge in [0.1, 0.15) is 5.82 Å². The van der Waals surface area contributed by atoms with Crippen molar-refractivity contribution in [3.05, 3.63) is 63.9 Å². The van der Waals surface area contributed by atoms with Crippen LogP contribution < -0.4 is 0 Å². The normalized spacial score (nSPS) is 10.1. The van der Waals surface area contributed by atoms with Crippen molar-refractivity contribution in [2.45, 2.75) is 10.6 Å². The minimum Gasteiger partial charge on any atom is -0.478 e. The minimum atomic E-state index is -1.11. The van der Waals surface area contributed by atoms with E-state index in [0.29, 0.717) is 21.8 Å². The highest BCUT2D eigenvalue weighted by molar-refractivity contribution is 7.98. The van der Waals surface area contributed by atoms with Crippen molar-refractivity contribution in [1.29, 1.82) is 5.26 Å². The van der Waals surface area contributed by atoms with Crippen LogP contribution in [0.15, 0.2) is 41.3 Å². The van der Waals surface area contributed by atoms with Crippen LogP contribution >= 0.6 is 23.4 Å². The van der Waals surface area contributed by atoms with Crippen LogP contribution in [0, 0.1) is 17.1 Å². The Morgan fingerprint density at radius 2 is 2.10 bits per heavy atom. The van der Waals surface area contributed by atoms with Gasteiger partial charge in [0, 0.05) is 10.6 Å². The number of rotatable bonds is 4. The summed E-state index contributed by atoms with van der Waals surface area (Å²) in [5.41, 5.74) is 0.785. The maximum atomic E-state index is 13.6. The van der Waals surface area contributed by atoms with E-state index in [0.717, 1.165) is 0 Å².